The van der Waals surface area contributed by atoms with Crippen LogP contribution in [0.25, 0.3) is 0 Å². The summed E-state index contributed by atoms with van der Waals surface area (Å²) in [5, 5.41) is 0. The van der Waals surface area contributed by atoms with Gasteiger partial charge >= 0.3 is 5.97 Å². The second-order valence-corrected chi connectivity index (χ2v) is 7.80. The summed E-state index contributed by atoms with van der Waals surface area (Å²) in [6.45, 7) is 8.27. The Morgan fingerprint density at radius 2 is 1.23 bits per heavy atom. The normalized spacial score (nSPS) is 12.3. The van der Waals surface area contributed by atoms with Gasteiger partial charge in [-0.1, -0.05) is 104 Å². The number of unbranched alkanes of at least 4 members (excludes halogenated alkanes) is 12. The molecule has 0 aliphatic rings. The number of esters is 1. The van der Waals surface area contributed by atoms with Crippen molar-refractivity contribution in [2.75, 3.05) is 19.8 Å². The van der Waals surface area contributed by atoms with Crippen molar-refractivity contribution in [2.24, 2.45) is 5.92 Å². The van der Waals surface area contributed by atoms with Gasteiger partial charge in [-0.25, -0.2) is 0 Å². The predicted octanol–water partition coefficient (Wildman–Crippen LogP) is 7.07. The molecule has 156 valence electrons. The summed E-state index contributed by atoms with van der Waals surface area (Å²) >= 11 is 0. The summed E-state index contributed by atoms with van der Waals surface area (Å²) in [4.78, 5) is 11.6. The van der Waals surface area contributed by atoms with Crippen molar-refractivity contribution in [3.8, 4) is 0 Å². The lowest BCUT2D eigenvalue weighted by Gasteiger charge is -2.09. The molecular formula is C23H46O3. The average Bonchev–Trinajstić information content (AvgIpc) is 2.65. The van der Waals surface area contributed by atoms with E-state index in [4.69, 9.17) is 9.47 Å². The fourth-order valence-electron chi connectivity index (χ4n) is 2.98. The molecule has 1 atom stereocenters. The van der Waals surface area contributed by atoms with Crippen LogP contribution in [0.15, 0.2) is 0 Å². The van der Waals surface area contributed by atoms with Crippen LogP contribution in [0.5, 0.6) is 0 Å². The van der Waals surface area contributed by atoms with Crippen LogP contribution in [0, 0.1) is 5.92 Å². The van der Waals surface area contributed by atoms with Crippen LogP contribution in [0.1, 0.15) is 117 Å². The van der Waals surface area contributed by atoms with Gasteiger partial charge in [0.05, 0.1) is 6.61 Å². The van der Waals surface area contributed by atoms with Gasteiger partial charge in [-0.2, -0.15) is 0 Å². The van der Waals surface area contributed by atoms with E-state index in [1.807, 2.05) is 0 Å². The number of carbonyl (C=O) groups excluding carboxylic acids is 1. The molecule has 0 amide bonds. The molecule has 0 fully saturated rings. The summed E-state index contributed by atoms with van der Waals surface area (Å²) in [5.41, 5.74) is 0. The fraction of sp³-hybridized carbons (Fsp3) is 0.957. The molecule has 1 unspecified atom stereocenters. The molecule has 0 heterocycles. The Hall–Kier alpha value is -0.570. The third-order valence-electron chi connectivity index (χ3n) is 5.07. The first kappa shape index (κ1) is 25.4. The topological polar surface area (TPSA) is 35.5 Å². The van der Waals surface area contributed by atoms with Gasteiger partial charge in [-0.3, -0.25) is 4.79 Å². The van der Waals surface area contributed by atoms with E-state index in [2.05, 4.69) is 20.8 Å². The molecule has 0 aliphatic heterocycles. The lowest BCUT2D eigenvalue weighted by Crippen LogP contribution is -2.13. The van der Waals surface area contributed by atoms with Crippen LogP contribution in [0.3, 0.4) is 0 Å². The minimum Gasteiger partial charge on any atom is -0.463 e. The molecule has 0 aliphatic carbocycles. The Morgan fingerprint density at radius 3 is 1.73 bits per heavy atom. The second-order valence-electron chi connectivity index (χ2n) is 7.80. The first-order chi connectivity index (χ1) is 12.7. The zero-order chi connectivity index (χ0) is 19.3. The first-order valence-corrected chi connectivity index (χ1v) is 11.4. The summed E-state index contributed by atoms with van der Waals surface area (Å²) in [6.07, 6.45) is 18.9. The number of carbonyl (C=O) groups is 1. The molecule has 0 bridgehead atoms. The summed E-state index contributed by atoms with van der Waals surface area (Å²) in [6, 6.07) is 0. The highest BCUT2D eigenvalue weighted by Gasteiger charge is 2.03. The molecule has 3 heteroatoms. The van der Waals surface area contributed by atoms with Crippen molar-refractivity contribution in [3.63, 3.8) is 0 Å². The molecule has 0 aromatic carbocycles. The van der Waals surface area contributed by atoms with Gasteiger partial charge < -0.3 is 9.47 Å². The molecule has 3 nitrogen and oxygen atoms in total. The maximum Gasteiger partial charge on any atom is 0.305 e. The van der Waals surface area contributed by atoms with Crippen molar-refractivity contribution in [3.05, 3.63) is 0 Å². The van der Waals surface area contributed by atoms with Gasteiger partial charge in [0.1, 0.15) is 6.61 Å². The largest absolute Gasteiger partial charge is 0.463 e. The third kappa shape index (κ3) is 19.8. The highest BCUT2D eigenvalue weighted by atomic mass is 16.6. The van der Waals surface area contributed by atoms with Crippen LogP contribution < -0.4 is 0 Å². The van der Waals surface area contributed by atoms with E-state index >= 15 is 0 Å². The smallest absolute Gasteiger partial charge is 0.305 e. The Morgan fingerprint density at radius 1 is 0.731 bits per heavy atom. The number of ether oxygens (including phenoxy) is 2. The standard InChI is InChI=1S/C23H46O3/c1-4-6-7-8-9-10-11-12-13-14-15-16-17-18-23(24)26-20-19-25-21-22(3)5-2/h22H,4-21H2,1-3H3. The Bertz CT molecular complexity index is 291. The molecule has 0 saturated carbocycles. The van der Waals surface area contributed by atoms with E-state index in [0.717, 1.165) is 25.9 Å². The second kappa shape index (κ2) is 20.7. The fourth-order valence-corrected chi connectivity index (χ4v) is 2.98. The molecule has 0 spiro atoms. The van der Waals surface area contributed by atoms with E-state index in [9.17, 15) is 4.79 Å². The van der Waals surface area contributed by atoms with Crippen LogP contribution >= 0.6 is 0 Å². The van der Waals surface area contributed by atoms with E-state index < -0.39 is 0 Å². The van der Waals surface area contributed by atoms with Gasteiger partial charge in [0, 0.05) is 13.0 Å². The van der Waals surface area contributed by atoms with Gasteiger partial charge in [0.25, 0.3) is 0 Å². The van der Waals surface area contributed by atoms with Crippen LogP contribution in [0.4, 0.5) is 0 Å². The van der Waals surface area contributed by atoms with Crippen molar-refractivity contribution in [1.82, 2.24) is 0 Å². The van der Waals surface area contributed by atoms with Crippen LogP contribution in [0.2, 0.25) is 0 Å². The van der Waals surface area contributed by atoms with Gasteiger partial charge in [0.2, 0.25) is 0 Å². The van der Waals surface area contributed by atoms with E-state index in [1.54, 1.807) is 0 Å². The third-order valence-corrected chi connectivity index (χ3v) is 5.07. The van der Waals surface area contributed by atoms with Gasteiger partial charge in [0.15, 0.2) is 0 Å². The molecule has 0 N–H and O–H groups in total. The molecule has 0 rings (SSSR count). The van der Waals surface area contributed by atoms with Crippen molar-refractivity contribution < 1.29 is 14.3 Å². The summed E-state index contributed by atoms with van der Waals surface area (Å²) in [7, 11) is 0. The van der Waals surface area contributed by atoms with Crippen LogP contribution in [-0.4, -0.2) is 25.8 Å². The molecule has 0 saturated heterocycles. The van der Waals surface area contributed by atoms with Crippen molar-refractivity contribution in [1.29, 1.82) is 0 Å². The molecular weight excluding hydrogens is 324 g/mol. The molecule has 26 heavy (non-hydrogen) atoms. The Balaban J connectivity index is 3.16. The monoisotopic (exact) mass is 370 g/mol. The first-order valence-electron chi connectivity index (χ1n) is 11.4. The number of rotatable bonds is 20. The summed E-state index contributed by atoms with van der Waals surface area (Å²) < 4.78 is 10.7. The van der Waals surface area contributed by atoms with Crippen LogP contribution in [-0.2, 0) is 14.3 Å². The lowest BCUT2D eigenvalue weighted by molar-refractivity contribution is -0.145. The van der Waals surface area contributed by atoms with E-state index in [0.29, 0.717) is 25.6 Å². The maximum atomic E-state index is 11.6. The SMILES string of the molecule is CCCCCCCCCCCCCCCC(=O)OCCOCC(C)CC. The lowest BCUT2D eigenvalue weighted by atomic mass is 10.0. The minimum absolute atomic E-state index is 0.0692. The zero-order valence-corrected chi connectivity index (χ0v) is 18.0. The van der Waals surface area contributed by atoms with Gasteiger partial charge in [-0.05, 0) is 12.3 Å². The Labute approximate surface area is 163 Å². The molecule has 0 radical (unpaired) electrons. The minimum atomic E-state index is -0.0692. The van der Waals surface area contributed by atoms with E-state index in [-0.39, 0.29) is 5.97 Å². The summed E-state index contributed by atoms with van der Waals surface area (Å²) in [5.74, 6) is 0.511. The van der Waals surface area contributed by atoms with Crippen molar-refractivity contribution >= 4 is 5.97 Å². The molecule has 0 aromatic rings. The predicted molar refractivity (Wildman–Crippen MR) is 112 cm³/mol. The molecule has 0 aromatic heterocycles. The highest BCUT2D eigenvalue weighted by molar-refractivity contribution is 5.69. The Kier molecular flexibility index (Phi) is 20.3. The number of hydrogen-bond donors (Lipinski definition) is 0. The number of hydrogen-bond acceptors (Lipinski definition) is 3. The van der Waals surface area contributed by atoms with Crippen molar-refractivity contribution in [2.45, 2.75) is 117 Å². The zero-order valence-electron chi connectivity index (χ0n) is 18.0. The maximum absolute atomic E-state index is 11.6. The highest BCUT2D eigenvalue weighted by Crippen LogP contribution is 2.13. The average molecular weight is 371 g/mol. The quantitative estimate of drug-likeness (QED) is 0.170. The van der Waals surface area contributed by atoms with Gasteiger partial charge in [-0.15, -0.1) is 0 Å². The van der Waals surface area contributed by atoms with E-state index in [1.165, 1.54) is 70.6 Å².